The minimum atomic E-state index is -3.37. The van der Waals surface area contributed by atoms with E-state index in [-0.39, 0.29) is 0 Å². The molecule has 142 valence electrons. The molecule has 0 aliphatic rings. The molecular formula is C20H29N2O3P. The van der Waals surface area contributed by atoms with E-state index in [1.54, 1.807) is 0 Å². The predicted molar refractivity (Wildman–Crippen MR) is 109 cm³/mol. The summed E-state index contributed by atoms with van der Waals surface area (Å²) in [5, 5.41) is 3.33. The van der Waals surface area contributed by atoms with Crippen LogP contribution in [-0.4, -0.2) is 28.3 Å². The van der Waals surface area contributed by atoms with Crippen molar-refractivity contribution in [3.05, 3.63) is 59.7 Å². The summed E-state index contributed by atoms with van der Waals surface area (Å²) >= 11 is 0. The molecule has 5 nitrogen and oxygen atoms in total. The molecule has 1 atom stereocenters. The third-order valence-corrected chi connectivity index (χ3v) is 6.51. The first-order chi connectivity index (χ1) is 12.3. The van der Waals surface area contributed by atoms with Gasteiger partial charge in [0.1, 0.15) is 0 Å². The highest BCUT2D eigenvalue weighted by Gasteiger charge is 2.35. The molecule has 0 fully saturated rings. The maximum Gasteiger partial charge on any atom is 0.356 e. The van der Waals surface area contributed by atoms with E-state index in [2.05, 4.69) is 31.3 Å². The molecule has 2 rings (SSSR count). The van der Waals surface area contributed by atoms with Gasteiger partial charge in [0.15, 0.2) is 5.78 Å². The molecule has 0 heterocycles. The Morgan fingerprint density at radius 1 is 0.885 bits per heavy atom. The van der Waals surface area contributed by atoms with Crippen LogP contribution in [-0.2, 0) is 13.6 Å². The SMILES string of the molecule is COP(=O)(OC)[C@@H](Nc1ccc(C(C)C)cc1)c1ccc(N(C)C)cc1. The van der Waals surface area contributed by atoms with Gasteiger partial charge in [-0.15, -0.1) is 0 Å². The lowest BCUT2D eigenvalue weighted by molar-refractivity contribution is 0.268. The molecule has 0 aliphatic heterocycles. The van der Waals surface area contributed by atoms with Crippen LogP contribution in [0.3, 0.4) is 0 Å². The van der Waals surface area contributed by atoms with Crippen molar-refractivity contribution in [1.82, 2.24) is 0 Å². The minimum Gasteiger partial charge on any atom is -0.378 e. The average molecular weight is 376 g/mol. The van der Waals surface area contributed by atoms with E-state index in [0.29, 0.717) is 5.92 Å². The highest BCUT2D eigenvalue weighted by Crippen LogP contribution is 2.59. The lowest BCUT2D eigenvalue weighted by Crippen LogP contribution is -2.14. The number of hydrogen-bond donors (Lipinski definition) is 1. The highest BCUT2D eigenvalue weighted by atomic mass is 31.2. The topological polar surface area (TPSA) is 50.8 Å². The summed E-state index contributed by atoms with van der Waals surface area (Å²) in [5.41, 5.74) is 4.03. The first kappa shape index (κ1) is 20.5. The van der Waals surface area contributed by atoms with Crippen LogP contribution in [0.15, 0.2) is 48.5 Å². The Labute approximate surface area is 156 Å². The quantitative estimate of drug-likeness (QED) is 0.619. The molecule has 0 saturated heterocycles. The number of nitrogens with zero attached hydrogens (tertiary/aromatic N) is 1. The maximum absolute atomic E-state index is 13.1. The fourth-order valence-corrected chi connectivity index (χ4v) is 4.12. The largest absolute Gasteiger partial charge is 0.378 e. The predicted octanol–water partition coefficient (Wildman–Crippen LogP) is 5.47. The first-order valence-corrected chi connectivity index (χ1v) is 10.3. The second-order valence-electron chi connectivity index (χ2n) is 6.71. The molecule has 0 unspecified atom stereocenters. The van der Waals surface area contributed by atoms with Crippen molar-refractivity contribution in [3.8, 4) is 0 Å². The van der Waals surface area contributed by atoms with Crippen LogP contribution in [0, 0.1) is 0 Å². The van der Waals surface area contributed by atoms with Crippen molar-refractivity contribution in [1.29, 1.82) is 0 Å². The van der Waals surface area contributed by atoms with Crippen LogP contribution >= 0.6 is 7.60 Å². The van der Waals surface area contributed by atoms with Gasteiger partial charge < -0.3 is 19.3 Å². The molecule has 0 bridgehead atoms. The van der Waals surface area contributed by atoms with Gasteiger partial charge in [0.05, 0.1) is 0 Å². The van der Waals surface area contributed by atoms with Crippen LogP contribution in [0.5, 0.6) is 0 Å². The van der Waals surface area contributed by atoms with Gasteiger partial charge in [-0.25, -0.2) is 0 Å². The smallest absolute Gasteiger partial charge is 0.356 e. The third kappa shape index (κ3) is 4.67. The standard InChI is InChI=1S/C20H29N2O3P/c1-15(2)16-7-11-18(12-8-16)21-20(26(23,24-5)25-6)17-9-13-19(14-10-17)22(3)4/h7-15,20-21H,1-6H3/t20-/m1/s1. The second-order valence-corrected chi connectivity index (χ2v) is 9.04. The van der Waals surface area contributed by atoms with E-state index < -0.39 is 13.4 Å². The van der Waals surface area contributed by atoms with Crippen molar-refractivity contribution in [2.24, 2.45) is 0 Å². The second kappa shape index (κ2) is 8.72. The first-order valence-electron chi connectivity index (χ1n) is 8.65. The summed E-state index contributed by atoms with van der Waals surface area (Å²) in [6, 6.07) is 16.0. The Hall–Kier alpha value is -1.81. The van der Waals surface area contributed by atoms with E-state index >= 15 is 0 Å². The van der Waals surface area contributed by atoms with Crippen molar-refractivity contribution >= 4 is 19.0 Å². The molecular weight excluding hydrogens is 347 g/mol. The van der Waals surface area contributed by atoms with Gasteiger partial charge in [-0.05, 0) is 41.3 Å². The van der Waals surface area contributed by atoms with Crippen LogP contribution < -0.4 is 10.2 Å². The summed E-state index contributed by atoms with van der Waals surface area (Å²) in [5.74, 6) is -0.138. The van der Waals surface area contributed by atoms with Crippen LogP contribution in [0.4, 0.5) is 11.4 Å². The number of anilines is 2. The lowest BCUT2D eigenvalue weighted by Gasteiger charge is -2.27. The van der Waals surface area contributed by atoms with Gasteiger partial charge in [-0.1, -0.05) is 38.1 Å². The van der Waals surface area contributed by atoms with Crippen LogP contribution in [0.1, 0.15) is 36.7 Å². The van der Waals surface area contributed by atoms with E-state index in [9.17, 15) is 4.57 Å². The zero-order valence-corrected chi connectivity index (χ0v) is 17.3. The Morgan fingerprint density at radius 3 is 1.81 bits per heavy atom. The Kier molecular flexibility index (Phi) is 6.87. The zero-order chi connectivity index (χ0) is 19.3. The summed E-state index contributed by atoms with van der Waals surface area (Å²) in [7, 11) is 3.42. The van der Waals surface area contributed by atoms with Crippen molar-refractivity contribution in [2.45, 2.75) is 25.5 Å². The Morgan fingerprint density at radius 2 is 1.38 bits per heavy atom. The van der Waals surface area contributed by atoms with Crippen LogP contribution in [0.25, 0.3) is 0 Å². The molecule has 0 aromatic heterocycles. The maximum atomic E-state index is 13.1. The number of nitrogens with one attached hydrogen (secondary N) is 1. The summed E-state index contributed by atoms with van der Waals surface area (Å²) in [6.45, 7) is 4.31. The number of hydrogen-bond acceptors (Lipinski definition) is 5. The normalized spacial score (nSPS) is 12.9. The molecule has 0 amide bonds. The van der Waals surface area contributed by atoms with E-state index in [0.717, 1.165) is 16.9 Å². The minimum absolute atomic E-state index is 0.461. The molecule has 26 heavy (non-hydrogen) atoms. The molecule has 2 aromatic rings. The molecule has 6 heteroatoms. The summed E-state index contributed by atoms with van der Waals surface area (Å²) < 4.78 is 23.7. The number of benzene rings is 2. The van der Waals surface area contributed by atoms with E-state index in [4.69, 9.17) is 9.05 Å². The highest BCUT2D eigenvalue weighted by molar-refractivity contribution is 7.54. The fourth-order valence-electron chi connectivity index (χ4n) is 2.71. The number of rotatable bonds is 8. The van der Waals surface area contributed by atoms with Gasteiger partial charge in [0, 0.05) is 39.7 Å². The third-order valence-electron chi connectivity index (χ3n) is 4.43. The molecule has 0 radical (unpaired) electrons. The molecule has 0 spiro atoms. The fraction of sp³-hybridized carbons (Fsp3) is 0.400. The lowest BCUT2D eigenvalue weighted by atomic mass is 10.0. The zero-order valence-electron chi connectivity index (χ0n) is 16.4. The monoisotopic (exact) mass is 376 g/mol. The van der Waals surface area contributed by atoms with Gasteiger partial charge in [-0.2, -0.15) is 0 Å². The van der Waals surface area contributed by atoms with Crippen molar-refractivity contribution in [2.75, 3.05) is 38.5 Å². The van der Waals surface area contributed by atoms with Crippen molar-refractivity contribution in [3.63, 3.8) is 0 Å². The van der Waals surface area contributed by atoms with E-state index in [1.165, 1.54) is 19.8 Å². The summed E-state index contributed by atoms with van der Waals surface area (Å²) in [4.78, 5) is 2.02. The molecule has 0 saturated carbocycles. The van der Waals surface area contributed by atoms with Gasteiger partial charge in [0.2, 0.25) is 0 Å². The van der Waals surface area contributed by atoms with E-state index in [1.807, 2.05) is 55.4 Å². The van der Waals surface area contributed by atoms with Crippen molar-refractivity contribution < 1.29 is 13.6 Å². The van der Waals surface area contributed by atoms with Gasteiger partial charge in [-0.3, -0.25) is 4.57 Å². The van der Waals surface area contributed by atoms with Crippen LogP contribution in [0.2, 0.25) is 0 Å². The average Bonchev–Trinajstić information content (AvgIpc) is 2.66. The molecule has 0 aliphatic carbocycles. The van der Waals surface area contributed by atoms with Gasteiger partial charge >= 0.3 is 7.60 Å². The Balaban J connectivity index is 2.36. The molecule has 1 N–H and O–H groups in total. The Bertz CT molecular complexity index is 735. The summed E-state index contributed by atoms with van der Waals surface area (Å²) in [6.07, 6.45) is 0. The molecule has 2 aromatic carbocycles. The van der Waals surface area contributed by atoms with Gasteiger partial charge in [0.25, 0.3) is 0 Å².